The van der Waals surface area contributed by atoms with Crippen LogP contribution in [0.15, 0.2) is 0 Å². The van der Waals surface area contributed by atoms with Crippen LogP contribution in [-0.2, 0) is 9.59 Å². The molecule has 0 saturated carbocycles. The van der Waals surface area contributed by atoms with Crippen molar-refractivity contribution < 1.29 is 9.59 Å². The summed E-state index contributed by atoms with van der Waals surface area (Å²) in [6, 6.07) is 0. The summed E-state index contributed by atoms with van der Waals surface area (Å²) in [7, 11) is 0. The molecule has 0 aromatic heterocycles. The predicted molar refractivity (Wildman–Crippen MR) is 52.4 cm³/mol. The number of piperidine rings is 1. The second-order valence-electron chi connectivity index (χ2n) is 3.47. The lowest BCUT2D eigenvalue weighted by molar-refractivity contribution is -0.128. The molecule has 4 N–H and O–H groups in total. The van der Waals surface area contributed by atoms with Gasteiger partial charge < -0.3 is 16.4 Å². The van der Waals surface area contributed by atoms with Gasteiger partial charge in [-0.2, -0.15) is 0 Å². The highest BCUT2D eigenvalue weighted by atomic mass is 16.2. The highest BCUT2D eigenvalue weighted by molar-refractivity contribution is 5.83. The molecule has 1 saturated heterocycles. The minimum Gasteiger partial charge on any atom is -0.356 e. The van der Waals surface area contributed by atoms with E-state index in [1.54, 1.807) is 0 Å². The van der Waals surface area contributed by atoms with E-state index in [1.807, 2.05) is 0 Å². The molecule has 0 radical (unpaired) electrons. The van der Waals surface area contributed by atoms with E-state index < -0.39 is 0 Å². The molecule has 80 valence electrons. The number of carbonyl (C=O) groups excluding carboxylic acids is 2. The lowest BCUT2D eigenvalue weighted by atomic mass is 9.98. The first-order valence-electron chi connectivity index (χ1n) is 4.98. The highest BCUT2D eigenvalue weighted by Crippen LogP contribution is 2.10. The molecular formula is C9H17N3O2. The smallest absolute Gasteiger partial charge is 0.224 e. The first-order valence-corrected chi connectivity index (χ1v) is 4.98. The number of nitrogens with two attached hydrogens (primary N) is 1. The van der Waals surface area contributed by atoms with Gasteiger partial charge in [0.25, 0.3) is 0 Å². The van der Waals surface area contributed by atoms with Crippen molar-refractivity contribution in [2.75, 3.05) is 19.6 Å². The summed E-state index contributed by atoms with van der Waals surface area (Å²) < 4.78 is 0. The fourth-order valence-electron chi connectivity index (χ4n) is 1.41. The summed E-state index contributed by atoms with van der Waals surface area (Å²) in [6.45, 7) is 1.68. The molecule has 5 heteroatoms. The fraction of sp³-hybridized carbons (Fsp3) is 0.778. The van der Waals surface area contributed by atoms with Crippen LogP contribution in [0.4, 0.5) is 0 Å². The van der Waals surface area contributed by atoms with E-state index >= 15 is 0 Å². The molecule has 0 bridgehead atoms. The maximum absolute atomic E-state index is 11.5. The van der Waals surface area contributed by atoms with Gasteiger partial charge in [-0.15, -0.1) is 0 Å². The largest absolute Gasteiger partial charge is 0.356 e. The Hall–Kier alpha value is -1.10. The maximum Gasteiger partial charge on any atom is 0.224 e. The number of nitrogens with one attached hydrogen (secondary N) is 2. The van der Waals surface area contributed by atoms with Crippen LogP contribution in [0.5, 0.6) is 0 Å². The van der Waals surface area contributed by atoms with Gasteiger partial charge in [0.2, 0.25) is 11.8 Å². The Morgan fingerprint density at radius 1 is 1.64 bits per heavy atom. The maximum atomic E-state index is 11.5. The Morgan fingerprint density at radius 3 is 3.00 bits per heavy atom. The van der Waals surface area contributed by atoms with Gasteiger partial charge in [-0.3, -0.25) is 9.59 Å². The molecule has 1 fully saturated rings. The van der Waals surface area contributed by atoms with Crippen molar-refractivity contribution in [3.05, 3.63) is 0 Å². The van der Waals surface area contributed by atoms with E-state index in [2.05, 4.69) is 10.6 Å². The van der Waals surface area contributed by atoms with Crippen molar-refractivity contribution in [2.24, 2.45) is 11.7 Å². The zero-order chi connectivity index (χ0) is 10.4. The van der Waals surface area contributed by atoms with Crippen LogP contribution < -0.4 is 16.4 Å². The van der Waals surface area contributed by atoms with E-state index in [-0.39, 0.29) is 17.7 Å². The SMILES string of the molecule is NCCCNC(=O)C1CCC(=O)NC1. The third-order valence-corrected chi connectivity index (χ3v) is 2.32. The molecular weight excluding hydrogens is 182 g/mol. The summed E-state index contributed by atoms with van der Waals surface area (Å²) in [4.78, 5) is 22.3. The van der Waals surface area contributed by atoms with Crippen LogP contribution in [0.1, 0.15) is 19.3 Å². The summed E-state index contributed by atoms with van der Waals surface area (Å²) >= 11 is 0. The predicted octanol–water partition coefficient (Wildman–Crippen LogP) is -1.02. The molecule has 0 aromatic carbocycles. The first kappa shape index (κ1) is 11.0. The Balaban J connectivity index is 2.20. The Labute approximate surface area is 83.4 Å². The minimum atomic E-state index is -0.0644. The standard InChI is InChI=1S/C9H17N3O2/c10-4-1-5-11-9(14)7-2-3-8(13)12-6-7/h7H,1-6,10H2,(H,11,14)(H,12,13). The van der Waals surface area contributed by atoms with Crippen LogP contribution in [-0.4, -0.2) is 31.4 Å². The highest BCUT2D eigenvalue weighted by Gasteiger charge is 2.23. The van der Waals surface area contributed by atoms with Crippen molar-refractivity contribution in [1.29, 1.82) is 0 Å². The molecule has 0 aliphatic carbocycles. The second kappa shape index (κ2) is 5.59. The average molecular weight is 199 g/mol. The zero-order valence-corrected chi connectivity index (χ0v) is 8.21. The van der Waals surface area contributed by atoms with Crippen LogP contribution in [0.3, 0.4) is 0 Å². The topological polar surface area (TPSA) is 84.2 Å². The minimum absolute atomic E-state index is 0.0263. The molecule has 1 aliphatic rings. The van der Waals surface area contributed by atoms with E-state index in [0.29, 0.717) is 32.5 Å². The van der Waals surface area contributed by atoms with Gasteiger partial charge in [0.05, 0.1) is 5.92 Å². The number of carbonyl (C=O) groups is 2. The monoisotopic (exact) mass is 199 g/mol. The molecule has 2 amide bonds. The molecule has 1 heterocycles. The normalized spacial score (nSPS) is 21.5. The third-order valence-electron chi connectivity index (χ3n) is 2.32. The van der Waals surface area contributed by atoms with Crippen LogP contribution in [0.25, 0.3) is 0 Å². The molecule has 0 aromatic rings. The van der Waals surface area contributed by atoms with Gasteiger partial charge in [-0.05, 0) is 19.4 Å². The van der Waals surface area contributed by atoms with Crippen molar-refractivity contribution in [1.82, 2.24) is 10.6 Å². The van der Waals surface area contributed by atoms with Crippen molar-refractivity contribution in [2.45, 2.75) is 19.3 Å². The number of rotatable bonds is 4. The van der Waals surface area contributed by atoms with E-state index in [4.69, 9.17) is 5.73 Å². The molecule has 1 unspecified atom stereocenters. The molecule has 14 heavy (non-hydrogen) atoms. The van der Waals surface area contributed by atoms with Crippen molar-refractivity contribution in [3.8, 4) is 0 Å². The van der Waals surface area contributed by atoms with Gasteiger partial charge in [-0.1, -0.05) is 0 Å². The molecule has 0 spiro atoms. The Kier molecular flexibility index (Phi) is 4.39. The zero-order valence-electron chi connectivity index (χ0n) is 8.21. The Bertz CT molecular complexity index is 208. The van der Waals surface area contributed by atoms with Gasteiger partial charge in [0, 0.05) is 19.5 Å². The summed E-state index contributed by atoms with van der Waals surface area (Å²) in [5.41, 5.74) is 5.30. The fourth-order valence-corrected chi connectivity index (χ4v) is 1.41. The lowest BCUT2D eigenvalue weighted by Gasteiger charge is -2.21. The van der Waals surface area contributed by atoms with Gasteiger partial charge in [-0.25, -0.2) is 0 Å². The first-order chi connectivity index (χ1) is 6.74. The second-order valence-corrected chi connectivity index (χ2v) is 3.47. The van der Waals surface area contributed by atoms with Crippen LogP contribution in [0.2, 0.25) is 0 Å². The Morgan fingerprint density at radius 2 is 2.43 bits per heavy atom. The van der Waals surface area contributed by atoms with Crippen LogP contribution >= 0.6 is 0 Å². The van der Waals surface area contributed by atoms with E-state index in [1.165, 1.54) is 0 Å². The van der Waals surface area contributed by atoms with Gasteiger partial charge >= 0.3 is 0 Å². The van der Waals surface area contributed by atoms with E-state index in [9.17, 15) is 9.59 Å². The summed E-state index contributed by atoms with van der Waals surface area (Å²) in [6.07, 6.45) is 1.90. The third kappa shape index (κ3) is 3.33. The average Bonchev–Trinajstić information content (AvgIpc) is 2.19. The quantitative estimate of drug-likeness (QED) is 0.507. The number of amides is 2. The molecule has 1 rings (SSSR count). The van der Waals surface area contributed by atoms with Crippen molar-refractivity contribution in [3.63, 3.8) is 0 Å². The van der Waals surface area contributed by atoms with Gasteiger partial charge in [0.15, 0.2) is 0 Å². The summed E-state index contributed by atoms with van der Waals surface area (Å²) in [5, 5.41) is 5.48. The molecule has 1 aliphatic heterocycles. The van der Waals surface area contributed by atoms with Crippen molar-refractivity contribution >= 4 is 11.8 Å². The van der Waals surface area contributed by atoms with E-state index in [0.717, 1.165) is 6.42 Å². The number of hydrogen-bond donors (Lipinski definition) is 3. The molecule has 5 nitrogen and oxygen atoms in total. The summed E-state index contributed by atoms with van der Waals surface area (Å²) in [5.74, 6) is -0.0000623. The molecule has 1 atom stereocenters. The van der Waals surface area contributed by atoms with Crippen LogP contribution in [0, 0.1) is 5.92 Å². The lowest BCUT2D eigenvalue weighted by Crippen LogP contribution is -2.43. The van der Waals surface area contributed by atoms with Gasteiger partial charge in [0.1, 0.15) is 0 Å². The number of hydrogen-bond acceptors (Lipinski definition) is 3.